The van der Waals surface area contributed by atoms with Crippen LogP contribution in [0.5, 0.6) is 0 Å². The van der Waals surface area contributed by atoms with E-state index in [0.717, 1.165) is 31.0 Å². The Morgan fingerprint density at radius 3 is 2.46 bits per heavy atom. The maximum Gasteiger partial charge on any atom is 0.260 e. The predicted octanol–water partition coefficient (Wildman–Crippen LogP) is 4.65. The van der Waals surface area contributed by atoms with Crippen molar-refractivity contribution in [2.24, 2.45) is 0 Å². The third-order valence-corrected chi connectivity index (χ3v) is 4.42. The van der Waals surface area contributed by atoms with E-state index in [1.54, 1.807) is 24.3 Å². The van der Waals surface area contributed by atoms with Crippen molar-refractivity contribution in [3.8, 4) is 0 Å². The number of furan rings is 1. The van der Waals surface area contributed by atoms with Crippen molar-refractivity contribution in [1.29, 1.82) is 0 Å². The van der Waals surface area contributed by atoms with Gasteiger partial charge < -0.3 is 9.32 Å². The van der Waals surface area contributed by atoms with Crippen LogP contribution in [0, 0.1) is 11.6 Å². The molecule has 0 bridgehead atoms. The molecule has 0 N–H and O–H groups in total. The van der Waals surface area contributed by atoms with Crippen LogP contribution in [0.3, 0.4) is 0 Å². The molecule has 0 unspecified atom stereocenters. The number of carbonyl (C=O) groups excluding carboxylic acids is 1. The first-order valence-corrected chi connectivity index (χ1v) is 9.03. The van der Waals surface area contributed by atoms with Gasteiger partial charge in [0.15, 0.2) is 0 Å². The van der Waals surface area contributed by atoms with Crippen molar-refractivity contribution in [2.75, 3.05) is 22.9 Å². The normalized spacial score (nSPS) is 10.7. The standard InChI is InChI=1S/C21H21F2N3O2/c1-3-25(4-2)20-10-7-15(13-24-20)21(27)26(14-17-6-5-11-28-17)19-9-8-16(22)12-18(19)23/h5-13H,3-4,14H2,1-2H3. The number of aromatic nitrogens is 1. The van der Waals surface area contributed by atoms with Crippen LogP contribution >= 0.6 is 0 Å². The van der Waals surface area contributed by atoms with E-state index in [-0.39, 0.29) is 12.2 Å². The van der Waals surface area contributed by atoms with Crippen molar-refractivity contribution in [1.82, 2.24) is 4.98 Å². The van der Waals surface area contributed by atoms with E-state index in [9.17, 15) is 13.6 Å². The number of halogens is 2. The van der Waals surface area contributed by atoms with Crippen LogP contribution in [0.25, 0.3) is 0 Å². The Labute approximate surface area is 162 Å². The fraction of sp³-hybridized carbons (Fsp3) is 0.238. The lowest BCUT2D eigenvalue weighted by molar-refractivity contribution is 0.0982. The van der Waals surface area contributed by atoms with Crippen molar-refractivity contribution in [3.05, 3.63) is 77.9 Å². The molecular weight excluding hydrogens is 364 g/mol. The average molecular weight is 385 g/mol. The van der Waals surface area contributed by atoms with Gasteiger partial charge in [-0.15, -0.1) is 0 Å². The van der Waals surface area contributed by atoms with Gasteiger partial charge in [0.05, 0.1) is 24.1 Å². The van der Waals surface area contributed by atoms with Crippen molar-refractivity contribution < 1.29 is 18.0 Å². The highest BCUT2D eigenvalue weighted by Crippen LogP contribution is 2.25. The highest BCUT2D eigenvalue weighted by Gasteiger charge is 2.23. The zero-order chi connectivity index (χ0) is 20.1. The van der Waals surface area contributed by atoms with Crippen molar-refractivity contribution in [3.63, 3.8) is 0 Å². The summed E-state index contributed by atoms with van der Waals surface area (Å²) in [6.07, 6.45) is 2.94. The van der Waals surface area contributed by atoms with Crippen molar-refractivity contribution in [2.45, 2.75) is 20.4 Å². The quantitative estimate of drug-likeness (QED) is 0.594. The van der Waals surface area contributed by atoms with Crippen LogP contribution in [0.2, 0.25) is 0 Å². The van der Waals surface area contributed by atoms with Gasteiger partial charge in [-0.2, -0.15) is 0 Å². The monoisotopic (exact) mass is 385 g/mol. The predicted molar refractivity (Wildman–Crippen MR) is 103 cm³/mol. The molecule has 0 spiro atoms. The highest BCUT2D eigenvalue weighted by molar-refractivity contribution is 6.06. The second-order valence-electron chi connectivity index (χ2n) is 6.14. The number of benzene rings is 1. The van der Waals surface area contributed by atoms with Crippen LogP contribution in [0.1, 0.15) is 30.0 Å². The highest BCUT2D eigenvalue weighted by atomic mass is 19.1. The summed E-state index contributed by atoms with van der Waals surface area (Å²) in [5.41, 5.74) is 0.266. The molecule has 0 aliphatic carbocycles. The Morgan fingerprint density at radius 1 is 1.11 bits per heavy atom. The lowest BCUT2D eigenvalue weighted by Gasteiger charge is -2.23. The van der Waals surface area contributed by atoms with E-state index >= 15 is 0 Å². The average Bonchev–Trinajstić information content (AvgIpc) is 3.21. The van der Waals surface area contributed by atoms with Gasteiger partial charge in [0, 0.05) is 25.4 Å². The van der Waals surface area contributed by atoms with Gasteiger partial charge in [0.2, 0.25) is 0 Å². The summed E-state index contributed by atoms with van der Waals surface area (Å²) in [6.45, 7) is 5.63. The molecule has 0 aliphatic heterocycles. The molecule has 28 heavy (non-hydrogen) atoms. The van der Waals surface area contributed by atoms with E-state index in [0.29, 0.717) is 11.3 Å². The van der Waals surface area contributed by atoms with Gasteiger partial charge in [-0.05, 0) is 50.2 Å². The molecule has 3 rings (SSSR count). The van der Waals surface area contributed by atoms with Gasteiger partial charge >= 0.3 is 0 Å². The number of carbonyl (C=O) groups is 1. The summed E-state index contributed by atoms with van der Waals surface area (Å²) < 4.78 is 33.0. The number of anilines is 2. The molecule has 146 valence electrons. The summed E-state index contributed by atoms with van der Waals surface area (Å²) in [4.78, 5) is 20.7. The molecule has 2 aromatic heterocycles. The Morgan fingerprint density at radius 2 is 1.89 bits per heavy atom. The molecule has 0 radical (unpaired) electrons. The third kappa shape index (κ3) is 4.19. The summed E-state index contributed by atoms with van der Waals surface area (Å²) in [6, 6.07) is 9.87. The molecule has 7 heteroatoms. The van der Waals surface area contributed by atoms with Crippen molar-refractivity contribution >= 4 is 17.4 Å². The Hall–Kier alpha value is -3.22. The topological polar surface area (TPSA) is 49.6 Å². The molecule has 1 amide bonds. The summed E-state index contributed by atoms with van der Waals surface area (Å²) in [5.74, 6) is -0.762. The number of amides is 1. The van der Waals surface area contributed by atoms with E-state index in [1.165, 1.54) is 23.4 Å². The molecule has 2 heterocycles. The first-order chi connectivity index (χ1) is 13.5. The molecule has 3 aromatic rings. The second kappa shape index (κ2) is 8.65. The van der Waals surface area contributed by atoms with Gasteiger partial charge in [0.1, 0.15) is 23.2 Å². The SMILES string of the molecule is CCN(CC)c1ccc(C(=O)N(Cc2ccco2)c2ccc(F)cc2F)cn1. The fourth-order valence-corrected chi connectivity index (χ4v) is 2.93. The van der Waals surface area contributed by atoms with Gasteiger partial charge in [-0.3, -0.25) is 9.69 Å². The van der Waals surface area contributed by atoms with Crippen LogP contribution in [0.4, 0.5) is 20.3 Å². The molecular formula is C21H21F2N3O2. The number of hydrogen-bond donors (Lipinski definition) is 0. The number of nitrogens with zero attached hydrogens (tertiary/aromatic N) is 3. The minimum absolute atomic E-state index is 0.00613. The van der Waals surface area contributed by atoms with Crippen LogP contribution in [0.15, 0.2) is 59.3 Å². The molecule has 5 nitrogen and oxygen atoms in total. The Balaban J connectivity index is 1.94. The number of rotatable bonds is 7. The number of hydrogen-bond acceptors (Lipinski definition) is 4. The first-order valence-electron chi connectivity index (χ1n) is 9.03. The minimum Gasteiger partial charge on any atom is -0.467 e. The molecule has 0 fully saturated rings. The zero-order valence-corrected chi connectivity index (χ0v) is 15.7. The fourth-order valence-electron chi connectivity index (χ4n) is 2.93. The number of pyridine rings is 1. The lowest BCUT2D eigenvalue weighted by Crippen LogP contribution is -2.31. The molecule has 0 saturated heterocycles. The third-order valence-electron chi connectivity index (χ3n) is 4.42. The van der Waals surface area contributed by atoms with Gasteiger partial charge in [-0.1, -0.05) is 0 Å². The minimum atomic E-state index is -0.826. The maximum absolute atomic E-state index is 14.4. The van der Waals surface area contributed by atoms with E-state index in [2.05, 4.69) is 9.88 Å². The molecule has 1 aromatic carbocycles. The second-order valence-corrected chi connectivity index (χ2v) is 6.14. The zero-order valence-electron chi connectivity index (χ0n) is 15.7. The molecule has 0 aliphatic rings. The van der Waals surface area contributed by atoms with Gasteiger partial charge in [-0.25, -0.2) is 13.8 Å². The summed E-state index contributed by atoms with van der Waals surface area (Å²) in [7, 11) is 0. The molecule has 0 atom stereocenters. The molecule has 0 saturated carbocycles. The largest absolute Gasteiger partial charge is 0.467 e. The van der Waals surface area contributed by atoms with Gasteiger partial charge in [0.25, 0.3) is 5.91 Å². The van der Waals surface area contributed by atoms with Crippen LogP contribution in [-0.2, 0) is 6.54 Å². The first kappa shape index (κ1) is 19.5. The smallest absolute Gasteiger partial charge is 0.260 e. The Bertz CT molecular complexity index is 923. The maximum atomic E-state index is 14.4. The Kier molecular flexibility index (Phi) is 6.03. The van der Waals surface area contributed by atoms with E-state index in [4.69, 9.17) is 4.42 Å². The van der Waals surface area contributed by atoms with E-state index in [1.807, 2.05) is 13.8 Å². The van der Waals surface area contributed by atoms with Crippen LogP contribution in [-0.4, -0.2) is 24.0 Å². The van der Waals surface area contributed by atoms with Crippen LogP contribution < -0.4 is 9.80 Å². The summed E-state index contributed by atoms with van der Waals surface area (Å²) >= 11 is 0. The lowest BCUT2D eigenvalue weighted by atomic mass is 10.2. The summed E-state index contributed by atoms with van der Waals surface area (Å²) in [5, 5.41) is 0. The van der Waals surface area contributed by atoms with E-state index < -0.39 is 17.5 Å².